The van der Waals surface area contributed by atoms with Crippen LogP contribution in [0.5, 0.6) is 0 Å². The molecule has 1 saturated heterocycles. The Balaban J connectivity index is 2.28. The van der Waals surface area contributed by atoms with Crippen LogP contribution in [-0.4, -0.2) is 39.3 Å². The molecule has 6 heteroatoms. The van der Waals surface area contributed by atoms with E-state index in [-0.39, 0.29) is 18.3 Å². The summed E-state index contributed by atoms with van der Waals surface area (Å²) >= 11 is 0. The Morgan fingerprint density at radius 2 is 1.92 bits per heavy atom. The van der Waals surface area contributed by atoms with Crippen molar-refractivity contribution in [1.82, 2.24) is 4.90 Å². The molecule has 1 aromatic rings. The molecule has 144 valence electrons. The molecule has 1 amide bonds. The van der Waals surface area contributed by atoms with E-state index in [2.05, 4.69) is 0 Å². The number of rotatable bonds is 5. The average molecular weight is 365 g/mol. The van der Waals surface area contributed by atoms with E-state index in [0.29, 0.717) is 25.7 Å². The second-order valence-electron chi connectivity index (χ2n) is 7.91. The second kappa shape index (κ2) is 7.64. The third-order valence-corrected chi connectivity index (χ3v) is 4.92. The Morgan fingerprint density at radius 3 is 2.42 bits per heavy atom. The van der Waals surface area contributed by atoms with Crippen LogP contribution in [-0.2, 0) is 16.0 Å². The molecule has 2 rings (SSSR count). The molecule has 0 aliphatic carbocycles. The van der Waals surface area contributed by atoms with Crippen LogP contribution in [0.1, 0.15) is 58.9 Å². The van der Waals surface area contributed by atoms with Gasteiger partial charge in [-0.25, -0.2) is 14.0 Å². The number of likely N-dealkylation sites (tertiary alicyclic amines) is 1. The smallest absolute Gasteiger partial charge is 0.411 e. The first-order valence-corrected chi connectivity index (χ1v) is 9.09. The summed E-state index contributed by atoms with van der Waals surface area (Å²) in [6.45, 7) is 7.24. The maximum absolute atomic E-state index is 13.1. The number of hydrogen-bond acceptors (Lipinski definition) is 3. The van der Waals surface area contributed by atoms with Gasteiger partial charge >= 0.3 is 12.1 Å². The highest BCUT2D eigenvalue weighted by molar-refractivity contribution is 5.85. The van der Waals surface area contributed by atoms with Crippen LogP contribution >= 0.6 is 0 Å². The van der Waals surface area contributed by atoms with E-state index in [1.165, 1.54) is 17.0 Å². The minimum Gasteiger partial charge on any atom is -0.479 e. The molecule has 5 nitrogen and oxygen atoms in total. The molecule has 1 aliphatic heterocycles. The summed E-state index contributed by atoms with van der Waals surface area (Å²) in [6, 6.07) is 5.86. The predicted molar refractivity (Wildman–Crippen MR) is 96.5 cm³/mol. The number of hydrogen-bond donors (Lipinski definition) is 1. The van der Waals surface area contributed by atoms with E-state index in [0.717, 1.165) is 5.56 Å². The third kappa shape index (κ3) is 4.34. The zero-order chi connectivity index (χ0) is 19.5. The van der Waals surface area contributed by atoms with Crippen molar-refractivity contribution in [3.8, 4) is 0 Å². The molecule has 0 saturated carbocycles. The highest BCUT2D eigenvalue weighted by Crippen LogP contribution is 2.40. The number of amides is 1. The Morgan fingerprint density at radius 1 is 1.31 bits per heavy atom. The van der Waals surface area contributed by atoms with Gasteiger partial charge in [0.2, 0.25) is 0 Å². The molecule has 2 atom stereocenters. The minimum absolute atomic E-state index is 0.158. The lowest BCUT2D eigenvalue weighted by atomic mass is 9.88. The van der Waals surface area contributed by atoms with Crippen molar-refractivity contribution in [3.63, 3.8) is 0 Å². The van der Waals surface area contributed by atoms with Crippen molar-refractivity contribution in [2.45, 2.75) is 77.0 Å². The molecule has 1 N–H and O–H groups in total. The maximum Gasteiger partial charge on any atom is 0.411 e. The normalized spacial score (nSPS) is 23.1. The molecule has 1 heterocycles. The fourth-order valence-electron chi connectivity index (χ4n) is 3.59. The lowest BCUT2D eigenvalue weighted by molar-refractivity contribution is -0.150. The Hall–Kier alpha value is -2.11. The van der Waals surface area contributed by atoms with Crippen LogP contribution in [0.25, 0.3) is 0 Å². The van der Waals surface area contributed by atoms with Gasteiger partial charge in [-0.2, -0.15) is 0 Å². The van der Waals surface area contributed by atoms with E-state index in [4.69, 9.17) is 4.74 Å². The van der Waals surface area contributed by atoms with Crippen molar-refractivity contribution >= 4 is 12.1 Å². The largest absolute Gasteiger partial charge is 0.479 e. The van der Waals surface area contributed by atoms with Crippen molar-refractivity contribution in [2.24, 2.45) is 0 Å². The average Bonchev–Trinajstić information content (AvgIpc) is 2.93. The van der Waals surface area contributed by atoms with Gasteiger partial charge < -0.3 is 9.84 Å². The SMILES string of the molecule is CC[C@H]1CC[C@@](CCc2ccc(F)cc2)(C(=O)O)N1C(=O)OC(C)(C)C. The minimum atomic E-state index is -1.29. The summed E-state index contributed by atoms with van der Waals surface area (Å²) in [5.41, 5.74) is -1.15. The van der Waals surface area contributed by atoms with Crippen LogP contribution in [0, 0.1) is 5.82 Å². The molecule has 0 radical (unpaired) electrons. The monoisotopic (exact) mass is 365 g/mol. The fourth-order valence-corrected chi connectivity index (χ4v) is 3.59. The van der Waals surface area contributed by atoms with Crippen molar-refractivity contribution in [2.75, 3.05) is 0 Å². The number of carboxylic acid groups (broad SMARTS) is 1. The van der Waals surface area contributed by atoms with Crippen LogP contribution in [0.15, 0.2) is 24.3 Å². The van der Waals surface area contributed by atoms with Crippen LogP contribution in [0.2, 0.25) is 0 Å². The number of nitrogens with zero attached hydrogens (tertiary/aromatic N) is 1. The molecular weight excluding hydrogens is 337 g/mol. The molecule has 0 unspecified atom stereocenters. The van der Waals surface area contributed by atoms with Gasteiger partial charge in [-0.05, 0) is 70.6 Å². The van der Waals surface area contributed by atoms with E-state index < -0.39 is 23.2 Å². The lowest BCUT2D eigenvalue weighted by Crippen LogP contribution is -2.57. The fraction of sp³-hybridized carbons (Fsp3) is 0.600. The summed E-state index contributed by atoms with van der Waals surface area (Å²) in [4.78, 5) is 26.5. The van der Waals surface area contributed by atoms with E-state index >= 15 is 0 Å². The quantitative estimate of drug-likeness (QED) is 0.840. The molecule has 1 aromatic carbocycles. The molecule has 0 bridgehead atoms. The maximum atomic E-state index is 13.1. The molecule has 1 fully saturated rings. The molecule has 1 aliphatic rings. The van der Waals surface area contributed by atoms with Crippen molar-refractivity contribution in [1.29, 1.82) is 0 Å². The first kappa shape index (κ1) is 20.2. The van der Waals surface area contributed by atoms with Crippen molar-refractivity contribution in [3.05, 3.63) is 35.6 Å². The van der Waals surface area contributed by atoms with Gasteiger partial charge in [-0.3, -0.25) is 4.90 Å². The number of benzene rings is 1. The number of carbonyl (C=O) groups is 2. The summed E-state index contributed by atoms with van der Waals surface area (Å²) in [5, 5.41) is 10.0. The molecular formula is C20H28FNO4. The van der Waals surface area contributed by atoms with Gasteiger partial charge in [0.05, 0.1) is 0 Å². The molecule has 26 heavy (non-hydrogen) atoms. The zero-order valence-electron chi connectivity index (χ0n) is 15.9. The van der Waals surface area contributed by atoms with Gasteiger partial charge in [0.1, 0.15) is 17.0 Å². The lowest BCUT2D eigenvalue weighted by Gasteiger charge is -2.38. The van der Waals surface area contributed by atoms with Crippen LogP contribution in [0.3, 0.4) is 0 Å². The number of aryl methyl sites for hydroxylation is 1. The summed E-state index contributed by atoms with van der Waals surface area (Å²) < 4.78 is 18.6. The number of aliphatic carboxylic acids is 1. The van der Waals surface area contributed by atoms with Gasteiger partial charge in [0.15, 0.2) is 0 Å². The van der Waals surface area contributed by atoms with Gasteiger partial charge in [0, 0.05) is 6.04 Å². The highest BCUT2D eigenvalue weighted by Gasteiger charge is 2.54. The van der Waals surface area contributed by atoms with Crippen molar-refractivity contribution < 1.29 is 23.8 Å². The first-order chi connectivity index (χ1) is 12.1. The summed E-state index contributed by atoms with van der Waals surface area (Å²) in [7, 11) is 0. The van der Waals surface area contributed by atoms with Crippen LogP contribution in [0.4, 0.5) is 9.18 Å². The van der Waals surface area contributed by atoms with E-state index in [1.807, 2.05) is 6.92 Å². The standard InChI is InChI=1S/C20H28FNO4/c1-5-16-11-13-20(17(23)24,22(16)18(25)26-19(2,3)4)12-10-14-6-8-15(21)9-7-14/h6-9,16H,5,10-13H2,1-4H3,(H,23,24)/t16-,20-/m0/s1. The first-order valence-electron chi connectivity index (χ1n) is 9.09. The van der Waals surface area contributed by atoms with E-state index in [9.17, 15) is 19.1 Å². The molecule has 0 aromatic heterocycles. The predicted octanol–water partition coefficient (Wildman–Crippen LogP) is 4.39. The third-order valence-electron chi connectivity index (χ3n) is 4.92. The Labute approximate surface area is 154 Å². The highest BCUT2D eigenvalue weighted by atomic mass is 19.1. The van der Waals surface area contributed by atoms with Gasteiger partial charge in [-0.1, -0.05) is 19.1 Å². The number of carbonyl (C=O) groups excluding carboxylic acids is 1. The second-order valence-corrected chi connectivity index (χ2v) is 7.91. The molecule has 0 spiro atoms. The number of halogens is 1. The summed E-state index contributed by atoms with van der Waals surface area (Å²) in [6.07, 6.45) is 1.83. The van der Waals surface area contributed by atoms with Gasteiger partial charge in [0.25, 0.3) is 0 Å². The summed E-state index contributed by atoms with van der Waals surface area (Å²) in [5.74, 6) is -1.34. The Kier molecular flexibility index (Phi) is 5.94. The number of carboxylic acids is 1. The zero-order valence-corrected chi connectivity index (χ0v) is 15.9. The van der Waals surface area contributed by atoms with Crippen LogP contribution < -0.4 is 0 Å². The van der Waals surface area contributed by atoms with Gasteiger partial charge in [-0.15, -0.1) is 0 Å². The Bertz CT molecular complexity index is 653. The van der Waals surface area contributed by atoms with E-state index in [1.54, 1.807) is 32.9 Å². The topological polar surface area (TPSA) is 66.8 Å². The number of ether oxygens (including phenoxy) is 1.